The van der Waals surface area contributed by atoms with Crippen molar-refractivity contribution in [2.24, 2.45) is 0 Å². The zero-order valence-corrected chi connectivity index (χ0v) is 20.6. The minimum atomic E-state index is -1.02. The lowest BCUT2D eigenvalue weighted by atomic mass is 9.87. The first-order valence-corrected chi connectivity index (χ1v) is 11.7. The monoisotopic (exact) mass is 453 g/mol. The topological polar surface area (TPSA) is 63.7 Å². The number of hydrogen-bond donors (Lipinski definition) is 0. The number of fused-ring (bicyclic) bond motifs is 1. The fourth-order valence-corrected chi connectivity index (χ4v) is 4.46. The Morgan fingerprint density at radius 2 is 1.53 bits per heavy atom. The first-order valence-electron chi connectivity index (χ1n) is 10.7. The highest BCUT2D eigenvalue weighted by Crippen LogP contribution is 2.31. The standard InChI is InChI=1S/C26H31NO4S/c1-16-8-13-19-20(14-16)23(29)27(22(19)28)21(24(30)31-26(5,6)7)15-32-18-11-9-17(10-12-18)25(2,3)4/h8-14,21H,15H2,1-7H3/t21-/m1/s1. The molecule has 0 fully saturated rings. The van der Waals surface area contributed by atoms with Crippen LogP contribution in [0.1, 0.15) is 73.4 Å². The highest BCUT2D eigenvalue weighted by atomic mass is 32.2. The number of aryl methyl sites for hydroxylation is 1. The van der Waals surface area contributed by atoms with Crippen LogP contribution >= 0.6 is 11.8 Å². The number of carbonyl (C=O) groups is 3. The lowest BCUT2D eigenvalue weighted by Crippen LogP contribution is -2.48. The number of ether oxygens (including phenoxy) is 1. The van der Waals surface area contributed by atoms with Crippen LogP contribution in [0, 0.1) is 6.92 Å². The van der Waals surface area contributed by atoms with E-state index in [1.54, 1.807) is 39.0 Å². The quantitative estimate of drug-likeness (QED) is 0.345. The highest BCUT2D eigenvalue weighted by Gasteiger charge is 2.44. The van der Waals surface area contributed by atoms with Crippen LogP contribution in [0.25, 0.3) is 0 Å². The van der Waals surface area contributed by atoms with E-state index in [1.165, 1.54) is 17.3 Å². The minimum absolute atomic E-state index is 0.0422. The number of hydrogen-bond acceptors (Lipinski definition) is 5. The molecule has 0 radical (unpaired) electrons. The van der Waals surface area contributed by atoms with Crippen LogP contribution in [-0.4, -0.2) is 40.1 Å². The molecule has 32 heavy (non-hydrogen) atoms. The summed E-state index contributed by atoms with van der Waals surface area (Å²) in [4.78, 5) is 41.3. The van der Waals surface area contributed by atoms with Gasteiger partial charge in [0.2, 0.25) is 0 Å². The number of amides is 2. The van der Waals surface area contributed by atoms with E-state index >= 15 is 0 Å². The number of nitrogens with zero attached hydrogens (tertiary/aromatic N) is 1. The van der Waals surface area contributed by atoms with E-state index in [2.05, 4.69) is 32.9 Å². The van der Waals surface area contributed by atoms with Gasteiger partial charge in [-0.3, -0.25) is 14.5 Å². The molecule has 0 aliphatic carbocycles. The highest BCUT2D eigenvalue weighted by molar-refractivity contribution is 7.99. The molecule has 2 amide bonds. The van der Waals surface area contributed by atoms with Crippen molar-refractivity contribution in [1.82, 2.24) is 4.90 Å². The summed E-state index contributed by atoms with van der Waals surface area (Å²) in [5, 5.41) is 0. The molecule has 1 aliphatic heterocycles. The molecule has 0 saturated heterocycles. The van der Waals surface area contributed by atoms with Crippen molar-refractivity contribution in [3.8, 4) is 0 Å². The average molecular weight is 454 g/mol. The van der Waals surface area contributed by atoms with Crippen molar-refractivity contribution in [3.63, 3.8) is 0 Å². The average Bonchev–Trinajstić information content (AvgIpc) is 2.91. The third-order valence-corrected chi connectivity index (χ3v) is 6.28. The van der Waals surface area contributed by atoms with Crippen molar-refractivity contribution < 1.29 is 19.1 Å². The zero-order chi connectivity index (χ0) is 23.8. The van der Waals surface area contributed by atoms with Gasteiger partial charge >= 0.3 is 5.97 Å². The van der Waals surface area contributed by atoms with Gasteiger partial charge < -0.3 is 4.74 Å². The molecule has 0 aromatic heterocycles. The van der Waals surface area contributed by atoms with Crippen molar-refractivity contribution in [2.45, 2.75) is 70.4 Å². The van der Waals surface area contributed by atoms with E-state index in [-0.39, 0.29) is 11.2 Å². The van der Waals surface area contributed by atoms with E-state index in [1.807, 2.05) is 19.1 Å². The molecule has 1 heterocycles. The van der Waals surface area contributed by atoms with Gasteiger partial charge in [-0.15, -0.1) is 11.8 Å². The Hall–Kier alpha value is -2.60. The minimum Gasteiger partial charge on any atom is -0.458 e. The summed E-state index contributed by atoms with van der Waals surface area (Å²) in [6.07, 6.45) is 0. The lowest BCUT2D eigenvalue weighted by Gasteiger charge is -2.28. The normalized spacial score (nSPS) is 15.0. The Balaban J connectivity index is 1.87. The third kappa shape index (κ3) is 5.23. The van der Waals surface area contributed by atoms with Gasteiger partial charge in [-0.1, -0.05) is 44.5 Å². The van der Waals surface area contributed by atoms with Crippen molar-refractivity contribution in [2.75, 3.05) is 5.75 Å². The van der Waals surface area contributed by atoms with Crippen molar-refractivity contribution in [3.05, 3.63) is 64.7 Å². The van der Waals surface area contributed by atoms with Crippen LogP contribution in [0.3, 0.4) is 0 Å². The molecular formula is C26H31NO4S. The molecule has 0 saturated carbocycles. The SMILES string of the molecule is Cc1ccc2c(c1)C(=O)N([C@H](CSc1ccc(C(C)(C)C)cc1)C(=O)OC(C)(C)C)C2=O. The first kappa shape index (κ1) is 24.1. The molecule has 2 aromatic carbocycles. The maximum atomic E-state index is 13.1. The van der Waals surface area contributed by atoms with Crippen LogP contribution in [0.5, 0.6) is 0 Å². The van der Waals surface area contributed by atoms with E-state index in [4.69, 9.17) is 4.74 Å². The lowest BCUT2D eigenvalue weighted by molar-refractivity contribution is -0.158. The number of carbonyl (C=O) groups excluding carboxylic acids is 3. The van der Waals surface area contributed by atoms with Crippen molar-refractivity contribution in [1.29, 1.82) is 0 Å². The molecule has 0 unspecified atom stereocenters. The Bertz CT molecular complexity index is 1040. The third-order valence-electron chi connectivity index (χ3n) is 5.19. The number of imide groups is 1. The van der Waals surface area contributed by atoms with E-state index < -0.39 is 29.4 Å². The molecule has 6 heteroatoms. The Labute approximate surface area is 194 Å². The number of rotatable bonds is 5. The summed E-state index contributed by atoms with van der Waals surface area (Å²) >= 11 is 1.43. The Morgan fingerprint density at radius 3 is 2.09 bits per heavy atom. The van der Waals surface area contributed by atoms with E-state index in [9.17, 15) is 14.4 Å². The summed E-state index contributed by atoms with van der Waals surface area (Å²) in [5.74, 6) is -1.27. The molecule has 2 aromatic rings. The van der Waals surface area contributed by atoms with Crippen LogP contribution in [0.4, 0.5) is 0 Å². The zero-order valence-electron chi connectivity index (χ0n) is 19.8. The maximum Gasteiger partial charge on any atom is 0.330 e. The van der Waals surface area contributed by atoms with Gasteiger partial charge in [-0.05, 0) is 62.9 Å². The summed E-state index contributed by atoms with van der Waals surface area (Å²) in [6.45, 7) is 13.6. The van der Waals surface area contributed by atoms with Crippen LogP contribution < -0.4 is 0 Å². The fraction of sp³-hybridized carbons (Fsp3) is 0.423. The second-order valence-corrected chi connectivity index (χ2v) is 11.3. The second-order valence-electron chi connectivity index (χ2n) is 10.2. The molecule has 170 valence electrons. The maximum absolute atomic E-state index is 13.1. The van der Waals surface area contributed by atoms with Crippen LogP contribution in [-0.2, 0) is 14.9 Å². The molecular weight excluding hydrogens is 422 g/mol. The van der Waals surface area contributed by atoms with Crippen molar-refractivity contribution >= 4 is 29.5 Å². The van der Waals surface area contributed by atoms with Gasteiger partial charge in [0.1, 0.15) is 11.6 Å². The van der Waals surface area contributed by atoms with Gasteiger partial charge in [0.15, 0.2) is 0 Å². The van der Waals surface area contributed by atoms with E-state index in [0.717, 1.165) is 15.4 Å². The molecule has 0 bridgehead atoms. The van der Waals surface area contributed by atoms with Gasteiger partial charge in [0.25, 0.3) is 11.8 Å². The summed E-state index contributed by atoms with van der Waals surface area (Å²) < 4.78 is 5.59. The molecule has 0 N–H and O–H groups in total. The summed E-state index contributed by atoms with van der Waals surface area (Å²) in [7, 11) is 0. The van der Waals surface area contributed by atoms with Gasteiger partial charge in [0, 0.05) is 10.6 Å². The van der Waals surface area contributed by atoms with Crippen LogP contribution in [0.15, 0.2) is 47.4 Å². The summed E-state index contributed by atoms with van der Waals surface area (Å²) in [6, 6.07) is 12.3. The number of benzene rings is 2. The Morgan fingerprint density at radius 1 is 0.938 bits per heavy atom. The first-order chi connectivity index (χ1) is 14.8. The molecule has 3 rings (SSSR count). The second kappa shape index (κ2) is 8.74. The molecule has 0 spiro atoms. The molecule has 1 aliphatic rings. The number of esters is 1. The van der Waals surface area contributed by atoms with Gasteiger partial charge in [-0.2, -0.15) is 0 Å². The van der Waals surface area contributed by atoms with Gasteiger partial charge in [-0.25, -0.2) is 4.79 Å². The molecule has 1 atom stereocenters. The smallest absolute Gasteiger partial charge is 0.330 e. The van der Waals surface area contributed by atoms with E-state index in [0.29, 0.717) is 11.1 Å². The fourth-order valence-electron chi connectivity index (χ4n) is 3.50. The molecule has 5 nitrogen and oxygen atoms in total. The Kier molecular flexibility index (Phi) is 6.57. The predicted molar refractivity (Wildman–Crippen MR) is 127 cm³/mol. The predicted octanol–water partition coefficient (Wildman–Crippen LogP) is 5.39. The van der Waals surface area contributed by atoms with Crippen LogP contribution in [0.2, 0.25) is 0 Å². The number of thioether (sulfide) groups is 1. The largest absolute Gasteiger partial charge is 0.458 e. The summed E-state index contributed by atoms with van der Waals surface area (Å²) in [5.41, 5.74) is 2.07. The van der Waals surface area contributed by atoms with Gasteiger partial charge in [0.05, 0.1) is 11.1 Å².